The zero-order valence-corrected chi connectivity index (χ0v) is 31.6. The number of aliphatic hydroxyl groups excluding tert-OH is 1. The average molecular weight is 775 g/mol. The van der Waals surface area contributed by atoms with Crippen molar-refractivity contribution in [2.75, 3.05) is 48.4 Å². The summed E-state index contributed by atoms with van der Waals surface area (Å²) >= 11 is 0. The molecule has 6 unspecified atom stereocenters. The number of cyclic esters (lactones) is 1. The van der Waals surface area contributed by atoms with Gasteiger partial charge >= 0.3 is 5.97 Å². The van der Waals surface area contributed by atoms with Crippen LogP contribution < -0.4 is 15.5 Å². The summed E-state index contributed by atoms with van der Waals surface area (Å²) in [6.07, 6.45) is -0.551. The molecule has 0 aliphatic carbocycles. The van der Waals surface area contributed by atoms with Crippen molar-refractivity contribution in [1.29, 1.82) is 0 Å². The van der Waals surface area contributed by atoms with Gasteiger partial charge in [0.2, 0.25) is 11.8 Å². The maximum atomic E-state index is 15.4. The van der Waals surface area contributed by atoms with Gasteiger partial charge in [0.25, 0.3) is 0 Å². The number of hydrogen-bond acceptors (Lipinski definition) is 9. The molecule has 6 atom stereocenters. The summed E-state index contributed by atoms with van der Waals surface area (Å²) in [7, 11) is 0. The number of benzene rings is 5. The van der Waals surface area contributed by atoms with Crippen LogP contribution in [0.15, 0.2) is 127 Å². The first kappa shape index (κ1) is 37.1. The lowest BCUT2D eigenvalue weighted by Gasteiger charge is -2.46. The molecule has 1 spiro atoms. The number of aromatic hydroxyl groups is 1. The molecule has 0 aromatic heterocycles. The van der Waals surface area contributed by atoms with Crippen molar-refractivity contribution in [2.45, 2.75) is 36.1 Å². The van der Waals surface area contributed by atoms with Crippen molar-refractivity contribution in [3.63, 3.8) is 0 Å². The largest absolute Gasteiger partial charge is 0.508 e. The molecule has 5 aromatic carbocycles. The van der Waals surface area contributed by atoms with Crippen LogP contribution in [0.5, 0.6) is 5.75 Å². The Kier molecular flexibility index (Phi) is 9.91. The van der Waals surface area contributed by atoms with Crippen LogP contribution in [0.2, 0.25) is 0 Å². The number of aliphatic hydroxyl groups is 1. The number of fused-ring (bicyclic) bond motifs is 3. The number of phenols is 1. The quantitative estimate of drug-likeness (QED) is 0.118. The molecule has 0 saturated carbocycles. The van der Waals surface area contributed by atoms with Gasteiger partial charge in [-0.05, 0) is 76.9 Å². The molecule has 3 fully saturated rings. The molecule has 3 saturated heterocycles. The van der Waals surface area contributed by atoms with Gasteiger partial charge in [0.15, 0.2) is 0 Å². The zero-order chi connectivity index (χ0) is 39.8. The number of phenolic OH excluding ortho intramolecular Hbond substituents is 1. The van der Waals surface area contributed by atoms with Gasteiger partial charge < -0.3 is 35.2 Å². The Morgan fingerprint density at radius 1 is 0.828 bits per heavy atom. The first-order chi connectivity index (χ1) is 28.4. The second-order valence-corrected chi connectivity index (χ2v) is 15.0. The van der Waals surface area contributed by atoms with Crippen molar-refractivity contribution in [3.05, 3.63) is 155 Å². The van der Waals surface area contributed by atoms with Crippen LogP contribution in [-0.2, 0) is 29.3 Å². The van der Waals surface area contributed by atoms with Crippen molar-refractivity contribution in [2.24, 2.45) is 5.92 Å². The Morgan fingerprint density at radius 3 is 2.21 bits per heavy atom. The molecule has 4 aliphatic heterocycles. The molecule has 5 aromatic rings. The topological polar surface area (TPSA) is 141 Å². The van der Waals surface area contributed by atoms with E-state index in [1.54, 1.807) is 36.4 Å². The zero-order valence-electron chi connectivity index (χ0n) is 31.6. The molecule has 4 aliphatic rings. The number of morpholine rings is 2. The molecule has 11 nitrogen and oxygen atoms in total. The minimum Gasteiger partial charge on any atom is -0.508 e. The highest BCUT2D eigenvalue weighted by atomic mass is 16.6. The maximum Gasteiger partial charge on any atom is 0.324 e. The lowest BCUT2D eigenvalue weighted by Crippen LogP contribution is -2.53. The first-order valence-corrected chi connectivity index (χ1v) is 19.5. The van der Waals surface area contributed by atoms with Gasteiger partial charge in [-0.3, -0.25) is 19.3 Å². The van der Waals surface area contributed by atoms with E-state index in [-0.39, 0.29) is 18.8 Å². The van der Waals surface area contributed by atoms with Crippen LogP contribution >= 0.6 is 0 Å². The highest BCUT2D eigenvalue weighted by molar-refractivity contribution is 6.13. The monoisotopic (exact) mass is 774 g/mol. The second-order valence-electron chi connectivity index (χ2n) is 15.0. The van der Waals surface area contributed by atoms with Gasteiger partial charge in [0, 0.05) is 42.1 Å². The molecule has 2 amide bonds. The highest BCUT2D eigenvalue weighted by Gasteiger charge is 2.74. The summed E-state index contributed by atoms with van der Waals surface area (Å²) in [5.74, 6) is 3.18. The molecule has 4 heterocycles. The third-order valence-electron chi connectivity index (χ3n) is 11.8. The third-order valence-corrected chi connectivity index (χ3v) is 11.8. The normalized spacial score (nSPS) is 24.9. The molecule has 4 N–H and O–H groups in total. The number of esters is 1. The van der Waals surface area contributed by atoms with Gasteiger partial charge in [-0.15, -0.1) is 0 Å². The number of anilines is 3. The van der Waals surface area contributed by atoms with Crippen molar-refractivity contribution in [1.82, 2.24) is 4.90 Å². The molecular weight excluding hydrogens is 733 g/mol. The Morgan fingerprint density at radius 2 is 1.52 bits per heavy atom. The van der Waals surface area contributed by atoms with E-state index in [2.05, 4.69) is 27.4 Å². The molecule has 58 heavy (non-hydrogen) atoms. The van der Waals surface area contributed by atoms with Crippen LogP contribution in [0.25, 0.3) is 0 Å². The summed E-state index contributed by atoms with van der Waals surface area (Å²) in [4.78, 5) is 49.9. The van der Waals surface area contributed by atoms with Gasteiger partial charge in [-0.25, -0.2) is 0 Å². The van der Waals surface area contributed by atoms with E-state index >= 15 is 9.59 Å². The predicted molar refractivity (Wildman–Crippen MR) is 218 cm³/mol. The maximum absolute atomic E-state index is 15.4. The fourth-order valence-electron chi connectivity index (χ4n) is 9.35. The van der Waals surface area contributed by atoms with E-state index in [9.17, 15) is 15.0 Å². The van der Waals surface area contributed by atoms with E-state index in [1.807, 2.05) is 95.9 Å². The SMILES string of the molecule is O=C1OC(c2ccccc2)C(c2ccccc2)N2C1C(C(=O)Nc1ccc(N3CCOCC3)cc1)C1(C(=O)Nc3ccc(C#CCCO)cc31)C2c1ccc(O)cc1. The third kappa shape index (κ3) is 6.36. The van der Waals surface area contributed by atoms with Crippen molar-refractivity contribution in [3.8, 4) is 17.6 Å². The Labute approximate surface area is 336 Å². The number of carbonyl (C=O) groups excluding carboxylic acids is 3. The van der Waals surface area contributed by atoms with Crippen molar-refractivity contribution >= 4 is 34.8 Å². The van der Waals surface area contributed by atoms with Gasteiger partial charge in [-0.1, -0.05) is 84.6 Å². The van der Waals surface area contributed by atoms with E-state index in [1.165, 1.54) is 0 Å². The summed E-state index contributed by atoms with van der Waals surface area (Å²) in [6, 6.07) is 35.9. The highest BCUT2D eigenvalue weighted by Crippen LogP contribution is 2.65. The van der Waals surface area contributed by atoms with Crippen LogP contribution in [0.3, 0.4) is 0 Å². The predicted octanol–water partition coefficient (Wildman–Crippen LogP) is 5.87. The number of nitrogens with one attached hydrogen (secondary N) is 2. The standard InChI is InChI=1S/C47H42N4O7/c52-26-8-7-9-30-14-23-38-37(29-30)47(46(56)49-38)39(44(54)48-34-17-19-35(20-18-34)50-24-27-57-28-25-50)41-45(55)58-42(32-12-5-2-6-13-32)40(31-10-3-1-4-11-31)51(41)43(47)33-15-21-36(53)22-16-33/h1-6,10-23,29,39-43,52-53H,8,24-28H2,(H,48,54)(H,49,56). The Hall–Kier alpha value is -6.45. The van der Waals surface area contributed by atoms with Gasteiger partial charge in [-0.2, -0.15) is 0 Å². The fraction of sp³-hybridized carbons (Fsp3) is 0.255. The minimum absolute atomic E-state index is 0.0275. The molecule has 11 heteroatoms. The fourth-order valence-corrected chi connectivity index (χ4v) is 9.35. The van der Waals surface area contributed by atoms with E-state index in [0.717, 1.165) is 29.9 Å². The summed E-state index contributed by atoms with van der Waals surface area (Å²) in [6.45, 7) is 2.66. The van der Waals surface area contributed by atoms with E-state index in [0.29, 0.717) is 41.3 Å². The summed E-state index contributed by atoms with van der Waals surface area (Å²) in [5, 5.41) is 26.2. The number of carbonyl (C=O) groups is 3. The van der Waals surface area contributed by atoms with Crippen LogP contribution in [-0.4, -0.2) is 71.8 Å². The summed E-state index contributed by atoms with van der Waals surface area (Å²) < 4.78 is 12.0. The molecule has 0 radical (unpaired) electrons. The van der Waals surface area contributed by atoms with Gasteiger partial charge in [0.05, 0.1) is 37.8 Å². The number of nitrogens with zero attached hydrogens (tertiary/aromatic N) is 2. The lowest BCUT2D eigenvalue weighted by atomic mass is 9.65. The number of amides is 2. The van der Waals surface area contributed by atoms with Crippen LogP contribution in [0.4, 0.5) is 17.1 Å². The summed E-state index contributed by atoms with van der Waals surface area (Å²) in [5.41, 5.74) is 3.59. The van der Waals surface area contributed by atoms with Crippen LogP contribution in [0.1, 0.15) is 52.4 Å². The molecule has 292 valence electrons. The first-order valence-electron chi connectivity index (χ1n) is 19.5. The van der Waals surface area contributed by atoms with Crippen LogP contribution in [0, 0.1) is 17.8 Å². The Bertz CT molecular complexity index is 2390. The minimum atomic E-state index is -1.71. The smallest absolute Gasteiger partial charge is 0.324 e. The molecule has 9 rings (SSSR count). The number of hydrogen-bond donors (Lipinski definition) is 4. The molecule has 0 bridgehead atoms. The van der Waals surface area contributed by atoms with Crippen molar-refractivity contribution < 1.29 is 34.1 Å². The number of rotatable bonds is 7. The Balaban J connectivity index is 1.27. The van der Waals surface area contributed by atoms with E-state index in [4.69, 9.17) is 9.47 Å². The second kappa shape index (κ2) is 15.5. The van der Waals surface area contributed by atoms with E-state index < -0.39 is 53.3 Å². The number of ether oxygens (including phenoxy) is 2. The lowest BCUT2D eigenvalue weighted by molar-refractivity contribution is -0.177. The molecular formula is C47H42N4O7. The van der Waals surface area contributed by atoms with Gasteiger partial charge in [0.1, 0.15) is 23.3 Å². The average Bonchev–Trinajstić information content (AvgIpc) is 3.74.